The molecule has 2 aromatic carbocycles. The Morgan fingerprint density at radius 2 is 1.93 bits per heavy atom. The first-order valence-electron chi connectivity index (χ1n) is 9.34. The Morgan fingerprint density at radius 3 is 2.68 bits per heavy atom. The summed E-state index contributed by atoms with van der Waals surface area (Å²) in [4.78, 5) is 12.7. The predicted octanol–water partition coefficient (Wildman–Crippen LogP) is 3.39. The van der Waals surface area contributed by atoms with E-state index in [1.807, 2.05) is 66.2 Å². The summed E-state index contributed by atoms with van der Waals surface area (Å²) in [6, 6.07) is 17.5. The highest BCUT2D eigenvalue weighted by atomic mass is 16.5. The van der Waals surface area contributed by atoms with Gasteiger partial charge in [-0.1, -0.05) is 37.3 Å². The van der Waals surface area contributed by atoms with Gasteiger partial charge in [0, 0.05) is 13.7 Å². The van der Waals surface area contributed by atoms with E-state index in [1.54, 1.807) is 13.3 Å². The number of benzene rings is 2. The van der Waals surface area contributed by atoms with Crippen molar-refractivity contribution in [3.8, 4) is 11.4 Å². The number of hydrogen-bond donors (Lipinski definition) is 1. The van der Waals surface area contributed by atoms with Crippen LogP contribution in [0.2, 0.25) is 0 Å². The topological polar surface area (TPSA) is 65.4 Å². The monoisotopic (exact) mass is 379 g/mol. The van der Waals surface area contributed by atoms with Gasteiger partial charge in [-0.15, -0.1) is 0 Å². The second-order valence-corrected chi connectivity index (χ2v) is 6.28. The van der Waals surface area contributed by atoms with E-state index in [2.05, 4.69) is 10.4 Å². The summed E-state index contributed by atoms with van der Waals surface area (Å²) < 4.78 is 12.4. The fourth-order valence-corrected chi connectivity index (χ4v) is 2.96. The molecule has 0 saturated heterocycles. The minimum Gasteiger partial charge on any atom is -0.491 e. The molecular formula is C22H25N3O3. The molecule has 0 aliphatic heterocycles. The summed E-state index contributed by atoms with van der Waals surface area (Å²) in [5.74, 6) is 0.625. The molecule has 1 aromatic heterocycles. The first kappa shape index (κ1) is 19.6. The van der Waals surface area contributed by atoms with Gasteiger partial charge in [0.25, 0.3) is 5.91 Å². The summed E-state index contributed by atoms with van der Waals surface area (Å²) >= 11 is 0. The third kappa shape index (κ3) is 4.78. The number of carbonyl (C=O) groups is 1. The quantitative estimate of drug-likeness (QED) is 0.579. The molecule has 0 fully saturated rings. The van der Waals surface area contributed by atoms with E-state index in [1.165, 1.54) is 0 Å². The molecule has 6 nitrogen and oxygen atoms in total. The van der Waals surface area contributed by atoms with E-state index in [9.17, 15) is 4.79 Å². The zero-order chi connectivity index (χ0) is 19.8. The van der Waals surface area contributed by atoms with Crippen molar-refractivity contribution in [2.45, 2.75) is 19.9 Å². The molecule has 6 heteroatoms. The Kier molecular flexibility index (Phi) is 6.81. The van der Waals surface area contributed by atoms with E-state index in [0.717, 1.165) is 22.7 Å². The predicted molar refractivity (Wildman–Crippen MR) is 108 cm³/mol. The highest BCUT2D eigenvalue weighted by molar-refractivity contribution is 5.95. The SMILES string of the molecule is CCc1c(C(=O)NCc2cccc(OCCOC)c2)cnn1-c1ccccc1. The van der Waals surface area contributed by atoms with Crippen LogP contribution in [0.25, 0.3) is 5.69 Å². The highest BCUT2D eigenvalue weighted by Gasteiger charge is 2.17. The van der Waals surface area contributed by atoms with E-state index >= 15 is 0 Å². The number of rotatable bonds is 9. The van der Waals surface area contributed by atoms with Crippen LogP contribution in [-0.2, 0) is 17.7 Å². The standard InChI is InChI=1S/C22H25N3O3/c1-3-21-20(16-24-25(21)18-9-5-4-6-10-18)22(26)23-15-17-8-7-11-19(14-17)28-13-12-27-2/h4-11,14,16H,3,12-13,15H2,1-2H3,(H,23,26). The van der Waals surface area contributed by atoms with Crippen molar-refractivity contribution in [3.05, 3.63) is 77.6 Å². The van der Waals surface area contributed by atoms with Crippen LogP contribution in [0.4, 0.5) is 0 Å². The maximum atomic E-state index is 12.7. The molecule has 0 unspecified atom stereocenters. The van der Waals surface area contributed by atoms with Crippen LogP contribution in [0, 0.1) is 0 Å². The van der Waals surface area contributed by atoms with Crippen LogP contribution in [0.3, 0.4) is 0 Å². The Labute approximate surface area is 165 Å². The van der Waals surface area contributed by atoms with E-state index < -0.39 is 0 Å². The number of aromatic nitrogens is 2. The molecular weight excluding hydrogens is 354 g/mol. The fraction of sp³-hybridized carbons (Fsp3) is 0.273. The zero-order valence-corrected chi connectivity index (χ0v) is 16.2. The summed E-state index contributed by atoms with van der Waals surface area (Å²) in [6.45, 7) is 3.46. The average Bonchev–Trinajstić information content (AvgIpc) is 3.17. The molecule has 0 radical (unpaired) electrons. The largest absolute Gasteiger partial charge is 0.491 e. The van der Waals surface area contributed by atoms with Gasteiger partial charge < -0.3 is 14.8 Å². The van der Waals surface area contributed by atoms with Crippen molar-refractivity contribution in [3.63, 3.8) is 0 Å². The number of hydrogen-bond acceptors (Lipinski definition) is 4. The van der Waals surface area contributed by atoms with E-state index in [-0.39, 0.29) is 5.91 Å². The van der Waals surface area contributed by atoms with Crippen LogP contribution >= 0.6 is 0 Å². The van der Waals surface area contributed by atoms with Crippen molar-refractivity contribution in [1.82, 2.24) is 15.1 Å². The number of nitrogens with zero attached hydrogens (tertiary/aromatic N) is 2. The van der Waals surface area contributed by atoms with Gasteiger partial charge in [-0.05, 0) is 36.2 Å². The lowest BCUT2D eigenvalue weighted by molar-refractivity contribution is 0.0950. The lowest BCUT2D eigenvalue weighted by Gasteiger charge is -2.10. The third-order valence-electron chi connectivity index (χ3n) is 4.36. The zero-order valence-electron chi connectivity index (χ0n) is 16.2. The van der Waals surface area contributed by atoms with Crippen LogP contribution in [0.1, 0.15) is 28.5 Å². The summed E-state index contributed by atoms with van der Waals surface area (Å²) in [6.07, 6.45) is 2.34. The molecule has 1 heterocycles. The highest BCUT2D eigenvalue weighted by Crippen LogP contribution is 2.17. The molecule has 28 heavy (non-hydrogen) atoms. The van der Waals surface area contributed by atoms with E-state index in [4.69, 9.17) is 9.47 Å². The minimum atomic E-state index is -0.135. The van der Waals surface area contributed by atoms with Gasteiger partial charge in [0.1, 0.15) is 12.4 Å². The summed E-state index contributed by atoms with van der Waals surface area (Å²) in [7, 11) is 1.64. The summed E-state index contributed by atoms with van der Waals surface area (Å²) in [5, 5.41) is 7.39. The fourth-order valence-electron chi connectivity index (χ4n) is 2.96. The van der Waals surface area contributed by atoms with Crippen LogP contribution in [-0.4, -0.2) is 36.0 Å². The van der Waals surface area contributed by atoms with Crippen LogP contribution < -0.4 is 10.1 Å². The molecule has 1 amide bonds. The molecule has 0 spiro atoms. The van der Waals surface area contributed by atoms with E-state index in [0.29, 0.717) is 31.7 Å². The molecule has 146 valence electrons. The molecule has 0 aliphatic rings. The van der Waals surface area contributed by atoms with Gasteiger partial charge in [-0.25, -0.2) is 4.68 Å². The first-order chi connectivity index (χ1) is 13.7. The van der Waals surface area contributed by atoms with Crippen molar-refractivity contribution < 1.29 is 14.3 Å². The van der Waals surface area contributed by atoms with Gasteiger partial charge in [-0.3, -0.25) is 4.79 Å². The molecule has 1 N–H and O–H groups in total. The van der Waals surface area contributed by atoms with Crippen LogP contribution in [0.15, 0.2) is 60.8 Å². The van der Waals surface area contributed by atoms with Gasteiger partial charge >= 0.3 is 0 Å². The molecule has 3 rings (SSSR count). The maximum Gasteiger partial charge on any atom is 0.255 e. The molecule has 0 aliphatic carbocycles. The Bertz CT molecular complexity index is 906. The van der Waals surface area contributed by atoms with Crippen LogP contribution in [0.5, 0.6) is 5.75 Å². The lowest BCUT2D eigenvalue weighted by Crippen LogP contribution is -2.23. The number of methoxy groups -OCH3 is 1. The molecule has 0 saturated carbocycles. The second kappa shape index (κ2) is 9.71. The minimum absolute atomic E-state index is 0.135. The Balaban J connectivity index is 1.67. The number of para-hydroxylation sites is 1. The number of amides is 1. The second-order valence-electron chi connectivity index (χ2n) is 6.28. The van der Waals surface area contributed by atoms with Crippen molar-refractivity contribution in [1.29, 1.82) is 0 Å². The number of carbonyl (C=O) groups excluding carboxylic acids is 1. The van der Waals surface area contributed by atoms with Crippen molar-refractivity contribution in [2.24, 2.45) is 0 Å². The average molecular weight is 379 g/mol. The van der Waals surface area contributed by atoms with Gasteiger partial charge in [0.2, 0.25) is 0 Å². The molecule has 0 atom stereocenters. The maximum absolute atomic E-state index is 12.7. The van der Waals surface area contributed by atoms with Crippen molar-refractivity contribution in [2.75, 3.05) is 20.3 Å². The number of nitrogens with one attached hydrogen (secondary N) is 1. The Morgan fingerprint density at radius 1 is 1.11 bits per heavy atom. The summed E-state index contributed by atoms with van der Waals surface area (Å²) in [5.41, 5.74) is 3.40. The molecule has 3 aromatic rings. The third-order valence-corrected chi connectivity index (χ3v) is 4.36. The lowest BCUT2D eigenvalue weighted by atomic mass is 10.1. The molecule has 0 bridgehead atoms. The Hall–Kier alpha value is -3.12. The first-order valence-corrected chi connectivity index (χ1v) is 9.34. The van der Waals surface area contributed by atoms with Crippen molar-refractivity contribution >= 4 is 5.91 Å². The van der Waals surface area contributed by atoms with Gasteiger partial charge in [0.05, 0.1) is 29.7 Å². The smallest absolute Gasteiger partial charge is 0.255 e. The van der Waals surface area contributed by atoms with Gasteiger partial charge in [-0.2, -0.15) is 5.10 Å². The normalized spacial score (nSPS) is 10.6. The number of ether oxygens (including phenoxy) is 2. The van der Waals surface area contributed by atoms with Gasteiger partial charge in [0.15, 0.2) is 0 Å².